The zero-order valence-corrected chi connectivity index (χ0v) is 16.7. The standard InChI is InChI=1S/C18H27F3N4O2S/c1-22-17(24-11-12-28(26,27)25-13-15-3-2-4-15)23-10-9-14-5-7-16(8-6-14)18(19,20)21/h5-8,15,25H,2-4,9-13H2,1H3,(H2,22,23,24). The van der Waals surface area contributed by atoms with Crippen LogP contribution in [0.3, 0.4) is 0 Å². The largest absolute Gasteiger partial charge is 0.416 e. The van der Waals surface area contributed by atoms with Gasteiger partial charge >= 0.3 is 6.18 Å². The average Bonchev–Trinajstić information content (AvgIpc) is 2.58. The van der Waals surface area contributed by atoms with Crippen LogP contribution in [0.1, 0.15) is 30.4 Å². The smallest absolute Gasteiger partial charge is 0.356 e. The van der Waals surface area contributed by atoms with E-state index in [1.54, 1.807) is 7.05 Å². The van der Waals surface area contributed by atoms with Gasteiger partial charge in [-0.15, -0.1) is 0 Å². The van der Waals surface area contributed by atoms with Gasteiger partial charge in [0.1, 0.15) is 0 Å². The second kappa shape index (κ2) is 10.1. The maximum atomic E-state index is 12.6. The van der Waals surface area contributed by atoms with Crippen molar-refractivity contribution in [1.29, 1.82) is 0 Å². The summed E-state index contributed by atoms with van der Waals surface area (Å²) < 4.78 is 64.2. The highest BCUT2D eigenvalue weighted by Gasteiger charge is 2.29. The van der Waals surface area contributed by atoms with E-state index in [0.717, 1.165) is 30.5 Å². The molecule has 1 aliphatic rings. The normalized spacial score (nSPS) is 15.9. The van der Waals surface area contributed by atoms with Gasteiger partial charge in [0.15, 0.2) is 5.96 Å². The molecule has 0 heterocycles. The monoisotopic (exact) mass is 420 g/mol. The molecular weight excluding hydrogens is 393 g/mol. The van der Waals surface area contributed by atoms with E-state index in [4.69, 9.17) is 0 Å². The van der Waals surface area contributed by atoms with E-state index in [-0.39, 0.29) is 12.3 Å². The summed E-state index contributed by atoms with van der Waals surface area (Å²) in [7, 11) is -1.76. The Morgan fingerprint density at radius 1 is 1.14 bits per heavy atom. The van der Waals surface area contributed by atoms with Gasteiger partial charge < -0.3 is 10.6 Å². The summed E-state index contributed by atoms with van der Waals surface area (Å²) in [5.41, 5.74) is 0.0903. The highest BCUT2D eigenvalue weighted by Crippen LogP contribution is 2.29. The molecule has 0 aromatic heterocycles. The molecular formula is C18H27F3N4O2S. The summed E-state index contributed by atoms with van der Waals surface area (Å²) in [5.74, 6) is 0.850. The Bertz CT molecular complexity index is 745. The van der Waals surface area contributed by atoms with Crippen LogP contribution in [0.4, 0.5) is 13.2 Å². The number of nitrogens with one attached hydrogen (secondary N) is 3. The molecule has 158 valence electrons. The number of hydrogen-bond acceptors (Lipinski definition) is 3. The first kappa shape index (κ1) is 22.5. The summed E-state index contributed by atoms with van der Waals surface area (Å²) in [6.45, 7) is 1.17. The summed E-state index contributed by atoms with van der Waals surface area (Å²) in [5, 5.41) is 5.95. The van der Waals surface area contributed by atoms with E-state index in [2.05, 4.69) is 20.3 Å². The van der Waals surface area contributed by atoms with Crippen LogP contribution in [0.25, 0.3) is 0 Å². The predicted octanol–water partition coefficient (Wildman–Crippen LogP) is 2.13. The van der Waals surface area contributed by atoms with Crippen molar-refractivity contribution < 1.29 is 21.6 Å². The minimum atomic E-state index is -4.34. The van der Waals surface area contributed by atoms with Crippen LogP contribution in [0.15, 0.2) is 29.3 Å². The molecule has 1 aliphatic carbocycles. The number of sulfonamides is 1. The van der Waals surface area contributed by atoms with Crippen molar-refractivity contribution in [3.8, 4) is 0 Å². The molecule has 0 unspecified atom stereocenters. The second-order valence-electron chi connectivity index (χ2n) is 6.83. The lowest BCUT2D eigenvalue weighted by Gasteiger charge is -2.25. The fourth-order valence-electron chi connectivity index (χ4n) is 2.72. The van der Waals surface area contributed by atoms with Crippen molar-refractivity contribution in [2.45, 2.75) is 31.9 Å². The summed E-state index contributed by atoms with van der Waals surface area (Å²) >= 11 is 0. The average molecular weight is 421 g/mol. The molecule has 0 atom stereocenters. The number of aliphatic imine (C=N–C) groups is 1. The van der Waals surface area contributed by atoms with E-state index >= 15 is 0 Å². The molecule has 1 aromatic carbocycles. The van der Waals surface area contributed by atoms with Gasteiger partial charge in [-0.1, -0.05) is 18.6 Å². The number of benzene rings is 1. The molecule has 0 spiro atoms. The predicted molar refractivity (Wildman–Crippen MR) is 104 cm³/mol. The summed E-state index contributed by atoms with van der Waals surface area (Å²) in [6, 6.07) is 5.01. The van der Waals surface area contributed by atoms with E-state index in [0.29, 0.717) is 31.4 Å². The van der Waals surface area contributed by atoms with Gasteiger partial charge in [0.25, 0.3) is 0 Å². The topological polar surface area (TPSA) is 82.6 Å². The molecule has 0 bridgehead atoms. The van der Waals surface area contributed by atoms with Gasteiger partial charge in [-0.25, -0.2) is 13.1 Å². The lowest BCUT2D eigenvalue weighted by molar-refractivity contribution is -0.137. The summed E-state index contributed by atoms with van der Waals surface area (Å²) in [4.78, 5) is 4.01. The zero-order chi connectivity index (χ0) is 20.6. The van der Waals surface area contributed by atoms with Crippen LogP contribution in [0, 0.1) is 5.92 Å². The van der Waals surface area contributed by atoms with Gasteiger partial charge in [0.2, 0.25) is 10.0 Å². The van der Waals surface area contributed by atoms with Crippen molar-refractivity contribution in [3.05, 3.63) is 35.4 Å². The third-order valence-electron chi connectivity index (χ3n) is 4.69. The third-order valence-corrected chi connectivity index (χ3v) is 6.04. The SMILES string of the molecule is CN=C(NCCc1ccc(C(F)(F)F)cc1)NCCS(=O)(=O)NCC1CCC1. The molecule has 1 saturated carbocycles. The number of nitrogens with zero attached hydrogens (tertiary/aromatic N) is 1. The fourth-order valence-corrected chi connectivity index (χ4v) is 3.73. The molecule has 2 rings (SSSR count). The number of halogens is 3. The van der Waals surface area contributed by atoms with Gasteiger partial charge in [0, 0.05) is 26.7 Å². The summed E-state index contributed by atoms with van der Waals surface area (Å²) in [6.07, 6.45) is -0.495. The van der Waals surface area contributed by atoms with Crippen molar-refractivity contribution >= 4 is 16.0 Å². The van der Waals surface area contributed by atoms with E-state index < -0.39 is 21.8 Å². The van der Waals surface area contributed by atoms with Crippen molar-refractivity contribution in [1.82, 2.24) is 15.4 Å². The molecule has 0 saturated heterocycles. The Balaban J connectivity index is 1.66. The zero-order valence-electron chi connectivity index (χ0n) is 15.8. The quantitative estimate of drug-likeness (QED) is 0.422. The number of hydrogen-bond donors (Lipinski definition) is 3. The van der Waals surface area contributed by atoms with Crippen LogP contribution in [0.5, 0.6) is 0 Å². The highest BCUT2D eigenvalue weighted by molar-refractivity contribution is 7.89. The van der Waals surface area contributed by atoms with Crippen molar-refractivity contribution in [2.24, 2.45) is 10.9 Å². The molecule has 10 heteroatoms. The van der Waals surface area contributed by atoms with Gasteiger partial charge in [-0.05, 0) is 42.9 Å². The minimum Gasteiger partial charge on any atom is -0.356 e. The Morgan fingerprint density at radius 2 is 1.79 bits per heavy atom. The van der Waals surface area contributed by atoms with Gasteiger partial charge in [0.05, 0.1) is 11.3 Å². The Kier molecular flexibility index (Phi) is 8.11. The van der Waals surface area contributed by atoms with Crippen LogP contribution in [0.2, 0.25) is 0 Å². The van der Waals surface area contributed by atoms with Crippen LogP contribution in [-0.2, 0) is 22.6 Å². The number of guanidine groups is 1. The molecule has 0 amide bonds. The first-order valence-electron chi connectivity index (χ1n) is 9.27. The molecule has 6 nitrogen and oxygen atoms in total. The first-order chi connectivity index (χ1) is 13.2. The lowest BCUT2D eigenvalue weighted by atomic mass is 9.86. The molecule has 0 radical (unpaired) electrons. The van der Waals surface area contributed by atoms with Crippen LogP contribution in [-0.4, -0.2) is 46.8 Å². The second-order valence-corrected chi connectivity index (χ2v) is 8.76. The minimum absolute atomic E-state index is 0.0562. The first-order valence-corrected chi connectivity index (χ1v) is 10.9. The highest BCUT2D eigenvalue weighted by atomic mass is 32.2. The maximum absolute atomic E-state index is 12.6. The Morgan fingerprint density at radius 3 is 2.32 bits per heavy atom. The molecule has 0 aliphatic heterocycles. The van der Waals surface area contributed by atoms with E-state index in [9.17, 15) is 21.6 Å². The van der Waals surface area contributed by atoms with Crippen molar-refractivity contribution in [2.75, 3.05) is 32.4 Å². The Hall–Kier alpha value is -1.81. The van der Waals surface area contributed by atoms with Crippen LogP contribution >= 0.6 is 0 Å². The molecule has 3 N–H and O–H groups in total. The van der Waals surface area contributed by atoms with E-state index in [1.165, 1.54) is 18.6 Å². The maximum Gasteiger partial charge on any atom is 0.416 e. The van der Waals surface area contributed by atoms with Crippen LogP contribution < -0.4 is 15.4 Å². The van der Waals surface area contributed by atoms with Crippen molar-refractivity contribution in [3.63, 3.8) is 0 Å². The third kappa shape index (κ3) is 7.67. The number of rotatable bonds is 9. The Labute approximate surface area is 164 Å². The number of alkyl halides is 3. The van der Waals surface area contributed by atoms with Gasteiger partial charge in [-0.2, -0.15) is 13.2 Å². The van der Waals surface area contributed by atoms with Gasteiger partial charge in [-0.3, -0.25) is 4.99 Å². The molecule has 1 aromatic rings. The fraction of sp³-hybridized carbons (Fsp3) is 0.611. The lowest BCUT2D eigenvalue weighted by Crippen LogP contribution is -2.42. The molecule has 28 heavy (non-hydrogen) atoms. The molecule has 1 fully saturated rings. The van der Waals surface area contributed by atoms with E-state index in [1.807, 2.05) is 0 Å².